The van der Waals surface area contributed by atoms with E-state index in [2.05, 4.69) is 16.4 Å². The Morgan fingerprint density at radius 2 is 2.00 bits per heavy atom. The molecule has 76 valence electrons. The molecule has 0 heterocycles. The van der Waals surface area contributed by atoms with Crippen LogP contribution in [0.15, 0.2) is 12.2 Å². The second kappa shape index (κ2) is 7.76. The average Bonchev–Trinajstić information content (AvgIpc) is 2.16. The molecule has 4 nitrogen and oxygen atoms in total. The number of carbonyl (C=O) groups is 1. The summed E-state index contributed by atoms with van der Waals surface area (Å²) in [6.07, 6.45) is 0.563. The highest BCUT2D eigenvalue weighted by Crippen LogP contribution is 1.99. The zero-order valence-electron chi connectivity index (χ0n) is 8.17. The molecule has 0 aliphatic rings. The van der Waals surface area contributed by atoms with Gasteiger partial charge in [0.2, 0.25) is 0 Å². The molecule has 0 bridgehead atoms. The summed E-state index contributed by atoms with van der Waals surface area (Å²) in [6.45, 7) is 8.50. The van der Waals surface area contributed by atoms with Gasteiger partial charge in [0.05, 0.1) is 6.61 Å². The Kier molecular flexibility index (Phi) is 7.24. The number of hydrogen-bond donors (Lipinski definition) is 0. The third-order valence-corrected chi connectivity index (χ3v) is 1.37. The predicted octanol–water partition coefficient (Wildman–Crippen LogP) is 1.46. The van der Waals surface area contributed by atoms with Crippen LogP contribution in [0.4, 0.5) is 0 Å². The van der Waals surface area contributed by atoms with E-state index in [9.17, 15) is 4.79 Å². The fraction of sp³-hybridized carbons (Fsp3) is 0.667. The summed E-state index contributed by atoms with van der Waals surface area (Å²) in [5.74, 6) is -0.515. The molecule has 0 rings (SSSR count). The third-order valence-electron chi connectivity index (χ3n) is 1.37. The van der Waals surface area contributed by atoms with E-state index < -0.39 is 5.97 Å². The van der Waals surface area contributed by atoms with Crippen molar-refractivity contribution >= 4 is 5.97 Å². The molecule has 0 fully saturated rings. The fourth-order valence-corrected chi connectivity index (χ4v) is 0.536. The van der Waals surface area contributed by atoms with Gasteiger partial charge in [0, 0.05) is 12.2 Å². The highest BCUT2D eigenvalue weighted by molar-refractivity contribution is 5.87. The first-order valence-corrected chi connectivity index (χ1v) is 4.31. The van der Waals surface area contributed by atoms with E-state index in [1.807, 2.05) is 13.8 Å². The van der Waals surface area contributed by atoms with Crippen LogP contribution in [-0.4, -0.2) is 25.8 Å². The molecular weight excluding hydrogens is 172 g/mol. The van der Waals surface area contributed by atoms with Crippen molar-refractivity contribution < 1.29 is 19.3 Å². The van der Waals surface area contributed by atoms with Crippen LogP contribution < -0.4 is 0 Å². The Balaban J connectivity index is 3.32. The Morgan fingerprint density at radius 3 is 2.54 bits per heavy atom. The molecule has 0 atom stereocenters. The molecule has 0 spiro atoms. The Hall–Kier alpha value is -0.870. The van der Waals surface area contributed by atoms with Gasteiger partial charge in [-0.25, -0.2) is 4.79 Å². The third kappa shape index (κ3) is 6.31. The zero-order valence-corrected chi connectivity index (χ0v) is 8.17. The van der Waals surface area contributed by atoms with Gasteiger partial charge in [0.1, 0.15) is 6.61 Å². The van der Waals surface area contributed by atoms with E-state index in [-0.39, 0.29) is 6.61 Å². The normalized spacial score (nSPS) is 9.69. The van der Waals surface area contributed by atoms with E-state index in [1.54, 1.807) is 0 Å². The van der Waals surface area contributed by atoms with Crippen molar-refractivity contribution in [3.63, 3.8) is 0 Å². The van der Waals surface area contributed by atoms with E-state index in [1.165, 1.54) is 0 Å². The first kappa shape index (κ1) is 12.1. The largest absolute Gasteiger partial charge is 0.379 e. The first-order valence-electron chi connectivity index (χ1n) is 4.31. The molecule has 0 radical (unpaired) electrons. The maximum absolute atomic E-state index is 10.9. The van der Waals surface area contributed by atoms with Gasteiger partial charge in [-0.3, -0.25) is 4.89 Å². The second-order valence-electron chi connectivity index (χ2n) is 2.35. The highest BCUT2D eigenvalue weighted by atomic mass is 17.2. The van der Waals surface area contributed by atoms with Crippen molar-refractivity contribution in [2.45, 2.75) is 20.3 Å². The predicted molar refractivity (Wildman–Crippen MR) is 48.0 cm³/mol. The van der Waals surface area contributed by atoms with Crippen molar-refractivity contribution in [2.24, 2.45) is 0 Å². The summed E-state index contributed by atoms with van der Waals surface area (Å²) in [5.41, 5.74) is 0.399. The van der Waals surface area contributed by atoms with Gasteiger partial charge in [-0.2, -0.15) is 4.89 Å². The molecule has 0 aliphatic carbocycles. The summed E-state index contributed by atoms with van der Waals surface area (Å²) in [5, 5.41) is 0. The topological polar surface area (TPSA) is 44.8 Å². The number of rotatable bonds is 7. The molecule has 13 heavy (non-hydrogen) atoms. The van der Waals surface area contributed by atoms with Crippen LogP contribution in [0.1, 0.15) is 20.3 Å². The molecule has 0 aromatic heterocycles. The van der Waals surface area contributed by atoms with E-state index >= 15 is 0 Å². The molecule has 0 amide bonds. The lowest BCUT2D eigenvalue weighted by atomic mass is 10.2. The van der Waals surface area contributed by atoms with Crippen LogP contribution in [0.3, 0.4) is 0 Å². The van der Waals surface area contributed by atoms with Crippen LogP contribution in [0.2, 0.25) is 0 Å². The summed E-state index contributed by atoms with van der Waals surface area (Å²) < 4.78 is 4.96. The standard InChI is InChI=1S/C9H16O4/c1-4-8(3)9(10)13-12-7-6-11-5-2/h3-7H2,1-2H3. The smallest absolute Gasteiger partial charge is 0.368 e. The minimum Gasteiger partial charge on any atom is -0.379 e. The maximum Gasteiger partial charge on any atom is 0.368 e. The molecule has 0 saturated heterocycles. The molecule has 0 aromatic carbocycles. The minimum atomic E-state index is -0.515. The second-order valence-corrected chi connectivity index (χ2v) is 2.35. The van der Waals surface area contributed by atoms with Gasteiger partial charge in [-0.1, -0.05) is 13.5 Å². The Labute approximate surface area is 78.4 Å². The highest BCUT2D eigenvalue weighted by Gasteiger charge is 2.06. The summed E-state index contributed by atoms with van der Waals surface area (Å²) >= 11 is 0. The van der Waals surface area contributed by atoms with Crippen LogP contribution in [0.25, 0.3) is 0 Å². The van der Waals surface area contributed by atoms with E-state index in [4.69, 9.17) is 4.74 Å². The molecule has 0 saturated carbocycles. The van der Waals surface area contributed by atoms with Crippen molar-refractivity contribution in [1.82, 2.24) is 0 Å². The van der Waals surface area contributed by atoms with Crippen LogP contribution >= 0.6 is 0 Å². The van der Waals surface area contributed by atoms with Gasteiger partial charge in [-0.15, -0.1) is 0 Å². The molecule has 0 aromatic rings. The molecule has 4 heteroatoms. The SMILES string of the molecule is C=C(CC)C(=O)OOCCOCC. The van der Waals surface area contributed by atoms with Gasteiger partial charge in [-0.05, 0) is 13.3 Å². The molecule has 0 unspecified atom stereocenters. The summed E-state index contributed by atoms with van der Waals surface area (Å²) in [6, 6.07) is 0. The molecular formula is C9H16O4. The van der Waals surface area contributed by atoms with Crippen molar-refractivity contribution in [2.75, 3.05) is 19.8 Å². The quantitative estimate of drug-likeness (QED) is 0.262. The molecule has 0 aliphatic heterocycles. The van der Waals surface area contributed by atoms with E-state index in [0.29, 0.717) is 25.2 Å². The van der Waals surface area contributed by atoms with E-state index in [0.717, 1.165) is 0 Å². The van der Waals surface area contributed by atoms with Gasteiger partial charge in [0.15, 0.2) is 0 Å². The Morgan fingerprint density at radius 1 is 1.31 bits per heavy atom. The summed E-state index contributed by atoms with van der Waals surface area (Å²) in [4.78, 5) is 19.9. The lowest BCUT2D eigenvalue weighted by molar-refractivity contribution is -0.272. The van der Waals surface area contributed by atoms with Crippen molar-refractivity contribution in [3.05, 3.63) is 12.2 Å². The molecule has 0 N–H and O–H groups in total. The van der Waals surface area contributed by atoms with Crippen molar-refractivity contribution in [1.29, 1.82) is 0 Å². The number of carbonyl (C=O) groups excluding carboxylic acids is 1. The van der Waals surface area contributed by atoms with Gasteiger partial charge in [0.25, 0.3) is 0 Å². The van der Waals surface area contributed by atoms with Crippen molar-refractivity contribution in [3.8, 4) is 0 Å². The minimum absolute atomic E-state index is 0.247. The lowest BCUT2D eigenvalue weighted by Gasteiger charge is -2.03. The van der Waals surface area contributed by atoms with Gasteiger partial charge >= 0.3 is 5.97 Å². The lowest BCUT2D eigenvalue weighted by Crippen LogP contribution is -2.11. The summed E-state index contributed by atoms with van der Waals surface area (Å²) in [7, 11) is 0. The van der Waals surface area contributed by atoms with Crippen LogP contribution in [0, 0.1) is 0 Å². The van der Waals surface area contributed by atoms with Crippen LogP contribution in [0.5, 0.6) is 0 Å². The Bertz CT molecular complexity index is 165. The van der Waals surface area contributed by atoms with Gasteiger partial charge < -0.3 is 4.74 Å². The number of ether oxygens (including phenoxy) is 1. The monoisotopic (exact) mass is 188 g/mol. The number of hydrogen-bond acceptors (Lipinski definition) is 4. The zero-order chi connectivity index (χ0) is 10.1. The maximum atomic E-state index is 10.9. The average molecular weight is 188 g/mol. The van der Waals surface area contributed by atoms with Crippen LogP contribution in [-0.2, 0) is 19.3 Å². The fourth-order valence-electron chi connectivity index (χ4n) is 0.536. The first-order chi connectivity index (χ1) is 6.22.